The fourth-order valence-electron chi connectivity index (χ4n) is 2.38. The lowest BCUT2D eigenvalue weighted by Gasteiger charge is -2.22. The van der Waals surface area contributed by atoms with Crippen LogP contribution in [0.15, 0.2) is 18.2 Å². The summed E-state index contributed by atoms with van der Waals surface area (Å²) in [7, 11) is 0. The van der Waals surface area contributed by atoms with Crippen LogP contribution < -0.4 is 0 Å². The van der Waals surface area contributed by atoms with E-state index in [1.807, 2.05) is 32.9 Å². The first kappa shape index (κ1) is 15.7. The zero-order valence-corrected chi connectivity index (χ0v) is 12.3. The normalized spacial score (nSPS) is 13.9. The third-order valence-corrected chi connectivity index (χ3v) is 3.16. The lowest BCUT2D eigenvalue weighted by molar-refractivity contribution is -0.152. The van der Waals surface area contributed by atoms with Crippen molar-refractivity contribution < 1.29 is 14.6 Å². The Bertz CT molecular complexity index is 406. The monoisotopic (exact) mass is 264 g/mol. The second-order valence-electron chi connectivity index (χ2n) is 5.01. The predicted molar refractivity (Wildman–Crippen MR) is 75.9 cm³/mol. The fourth-order valence-corrected chi connectivity index (χ4v) is 2.38. The summed E-state index contributed by atoms with van der Waals surface area (Å²) >= 11 is 0. The van der Waals surface area contributed by atoms with Crippen LogP contribution in [0.25, 0.3) is 0 Å². The van der Waals surface area contributed by atoms with Gasteiger partial charge in [-0.15, -0.1) is 0 Å². The van der Waals surface area contributed by atoms with Gasteiger partial charge in [0.25, 0.3) is 0 Å². The highest BCUT2D eigenvalue weighted by Gasteiger charge is 2.28. The van der Waals surface area contributed by atoms with Gasteiger partial charge in [0.2, 0.25) is 0 Å². The molecule has 3 nitrogen and oxygen atoms in total. The molecule has 1 N–H and O–H groups in total. The van der Waals surface area contributed by atoms with E-state index in [2.05, 4.69) is 6.07 Å². The van der Waals surface area contributed by atoms with Gasteiger partial charge in [-0.3, -0.25) is 4.79 Å². The van der Waals surface area contributed by atoms with Crippen molar-refractivity contribution in [2.24, 2.45) is 5.92 Å². The Morgan fingerprint density at radius 3 is 2.26 bits per heavy atom. The summed E-state index contributed by atoms with van der Waals surface area (Å²) in [6.45, 7) is 8.11. The van der Waals surface area contributed by atoms with Gasteiger partial charge < -0.3 is 9.84 Å². The molecule has 0 aliphatic heterocycles. The van der Waals surface area contributed by atoms with Crippen molar-refractivity contribution in [3.05, 3.63) is 34.9 Å². The van der Waals surface area contributed by atoms with Gasteiger partial charge in [0, 0.05) is 0 Å². The molecule has 0 aliphatic carbocycles. The Labute approximate surface area is 115 Å². The van der Waals surface area contributed by atoms with Crippen LogP contribution in [0, 0.1) is 19.8 Å². The number of aliphatic hydroxyl groups is 1. The van der Waals surface area contributed by atoms with Crippen LogP contribution in [0.2, 0.25) is 0 Å². The van der Waals surface area contributed by atoms with Crippen LogP contribution >= 0.6 is 0 Å². The molecule has 1 rings (SSSR count). The van der Waals surface area contributed by atoms with E-state index >= 15 is 0 Å². The molecule has 0 amide bonds. The van der Waals surface area contributed by atoms with E-state index < -0.39 is 12.0 Å². The van der Waals surface area contributed by atoms with Crippen molar-refractivity contribution in [1.82, 2.24) is 0 Å². The van der Waals surface area contributed by atoms with Gasteiger partial charge in [-0.05, 0) is 32.8 Å². The van der Waals surface area contributed by atoms with Gasteiger partial charge in [0.1, 0.15) is 0 Å². The lowest BCUT2D eigenvalue weighted by Crippen LogP contribution is -2.24. The molecule has 3 heteroatoms. The number of rotatable bonds is 6. The molecule has 1 aromatic carbocycles. The highest BCUT2D eigenvalue weighted by atomic mass is 16.5. The average Bonchev–Trinajstić information content (AvgIpc) is 2.34. The van der Waals surface area contributed by atoms with E-state index in [-0.39, 0.29) is 5.97 Å². The molecular weight excluding hydrogens is 240 g/mol. The zero-order valence-electron chi connectivity index (χ0n) is 12.3. The average molecular weight is 264 g/mol. The maximum absolute atomic E-state index is 11.9. The molecule has 0 radical (unpaired) electrons. The fraction of sp³-hybridized carbons (Fsp3) is 0.562. The van der Waals surface area contributed by atoms with Crippen LogP contribution in [0.1, 0.15) is 49.5 Å². The molecule has 0 fully saturated rings. The Kier molecular flexibility index (Phi) is 6.03. The van der Waals surface area contributed by atoms with Crippen molar-refractivity contribution in [2.45, 2.75) is 46.6 Å². The largest absolute Gasteiger partial charge is 0.466 e. The van der Waals surface area contributed by atoms with Crippen molar-refractivity contribution in [3.8, 4) is 0 Å². The number of aliphatic hydroxyl groups excluding tert-OH is 1. The number of aryl methyl sites for hydroxylation is 2. The third kappa shape index (κ3) is 4.35. The Balaban J connectivity index is 2.97. The summed E-state index contributed by atoms with van der Waals surface area (Å²) in [4.78, 5) is 11.9. The van der Waals surface area contributed by atoms with Crippen LogP contribution in [0.5, 0.6) is 0 Å². The summed E-state index contributed by atoms with van der Waals surface area (Å²) < 4.78 is 5.06. The maximum atomic E-state index is 11.9. The van der Waals surface area contributed by atoms with Crippen LogP contribution in [-0.2, 0) is 9.53 Å². The number of ether oxygens (including phenoxy) is 1. The van der Waals surface area contributed by atoms with Gasteiger partial charge in [-0.2, -0.15) is 0 Å². The van der Waals surface area contributed by atoms with Gasteiger partial charge >= 0.3 is 5.97 Å². The van der Waals surface area contributed by atoms with E-state index in [9.17, 15) is 9.90 Å². The molecule has 106 valence electrons. The minimum Gasteiger partial charge on any atom is -0.466 e. The molecule has 2 unspecified atom stereocenters. The minimum atomic E-state index is -0.794. The number of esters is 1. The minimum absolute atomic E-state index is 0.309. The van der Waals surface area contributed by atoms with E-state index in [1.54, 1.807) is 6.92 Å². The van der Waals surface area contributed by atoms with Crippen LogP contribution in [0.4, 0.5) is 0 Å². The zero-order chi connectivity index (χ0) is 14.4. The first-order valence-electron chi connectivity index (χ1n) is 6.92. The number of hydrogen-bond donors (Lipinski definition) is 1. The summed E-state index contributed by atoms with van der Waals surface area (Å²) in [6.07, 6.45) is 0.677. The third-order valence-electron chi connectivity index (χ3n) is 3.16. The molecule has 0 aromatic heterocycles. The van der Waals surface area contributed by atoms with Crippen molar-refractivity contribution in [2.75, 3.05) is 6.61 Å². The predicted octanol–water partition coefficient (Wildman–Crippen LogP) is 3.32. The van der Waals surface area contributed by atoms with Gasteiger partial charge in [-0.25, -0.2) is 0 Å². The first-order valence-corrected chi connectivity index (χ1v) is 6.92. The second-order valence-corrected chi connectivity index (χ2v) is 5.01. The topological polar surface area (TPSA) is 46.5 Å². The molecular formula is C16H24O3. The van der Waals surface area contributed by atoms with Crippen LogP contribution in [-0.4, -0.2) is 17.7 Å². The smallest absolute Gasteiger partial charge is 0.311 e. The van der Waals surface area contributed by atoms with Crippen molar-refractivity contribution in [1.29, 1.82) is 0 Å². The summed E-state index contributed by atoms with van der Waals surface area (Å²) in [5.41, 5.74) is 2.98. The standard InChI is InChI=1S/C16H24O3/c1-5-7-14(16(18)19-6-2)15(17)13-9-11(3)8-12(4)10-13/h8-10,14-15,17H,5-7H2,1-4H3. The molecule has 0 heterocycles. The Morgan fingerprint density at radius 2 is 1.79 bits per heavy atom. The summed E-state index contributed by atoms with van der Waals surface area (Å²) in [5.74, 6) is -0.790. The second kappa shape index (κ2) is 7.29. The Hall–Kier alpha value is -1.35. The molecule has 2 atom stereocenters. The van der Waals surface area contributed by atoms with Gasteiger partial charge in [-0.1, -0.05) is 42.7 Å². The lowest BCUT2D eigenvalue weighted by atomic mass is 9.90. The highest BCUT2D eigenvalue weighted by Crippen LogP contribution is 2.28. The quantitative estimate of drug-likeness (QED) is 0.802. The molecule has 19 heavy (non-hydrogen) atoms. The molecule has 0 saturated heterocycles. The van der Waals surface area contributed by atoms with Gasteiger partial charge in [0.15, 0.2) is 0 Å². The van der Waals surface area contributed by atoms with E-state index in [0.29, 0.717) is 13.0 Å². The van der Waals surface area contributed by atoms with E-state index in [1.165, 1.54) is 0 Å². The highest BCUT2D eigenvalue weighted by molar-refractivity contribution is 5.73. The van der Waals surface area contributed by atoms with Gasteiger partial charge in [0.05, 0.1) is 18.6 Å². The van der Waals surface area contributed by atoms with E-state index in [4.69, 9.17) is 4.74 Å². The summed E-state index contributed by atoms with van der Waals surface area (Å²) in [6, 6.07) is 5.91. The van der Waals surface area contributed by atoms with Crippen LogP contribution in [0.3, 0.4) is 0 Å². The molecule has 0 spiro atoms. The Morgan fingerprint density at radius 1 is 1.21 bits per heavy atom. The van der Waals surface area contributed by atoms with Crippen molar-refractivity contribution in [3.63, 3.8) is 0 Å². The molecule has 0 saturated carbocycles. The molecule has 0 bridgehead atoms. The first-order chi connectivity index (χ1) is 8.99. The number of carbonyl (C=O) groups is 1. The molecule has 0 aliphatic rings. The number of benzene rings is 1. The summed E-state index contributed by atoms with van der Waals surface area (Å²) in [5, 5.41) is 10.5. The maximum Gasteiger partial charge on any atom is 0.311 e. The number of carbonyl (C=O) groups excluding carboxylic acids is 1. The molecule has 1 aromatic rings. The SMILES string of the molecule is CCCC(C(=O)OCC)C(O)c1cc(C)cc(C)c1. The van der Waals surface area contributed by atoms with Crippen molar-refractivity contribution >= 4 is 5.97 Å². The number of hydrogen-bond acceptors (Lipinski definition) is 3. The van der Waals surface area contributed by atoms with E-state index in [0.717, 1.165) is 23.1 Å².